The molecular formula is C13H15NOS. The van der Waals surface area contributed by atoms with E-state index in [0.29, 0.717) is 5.92 Å². The first-order chi connectivity index (χ1) is 7.70. The standard InChI is InChI=1S/C13H15NOS/c1-9(2)12-8-16-13(14-12)10-5-4-6-11(7-10)15-3/h4-9H,1-3H3. The van der Waals surface area contributed by atoms with E-state index in [4.69, 9.17) is 4.74 Å². The van der Waals surface area contributed by atoms with Crippen molar-refractivity contribution < 1.29 is 4.74 Å². The van der Waals surface area contributed by atoms with Gasteiger partial charge < -0.3 is 4.74 Å². The van der Waals surface area contributed by atoms with Crippen molar-refractivity contribution in [2.45, 2.75) is 19.8 Å². The van der Waals surface area contributed by atoms with Crippen molar-refractivity contribution in [3.63, 3.8) is 0 Å². The molecule has 0 aliphatic heterocycles. The van der Waals surface area contributed by atoms with Gasteiger partial charge in [-0.25, -0.2) is 4.98 Å². The maximum Gasteiger partial charge on any atom is 0.123 e. The summed E-state index contributed by atoms with van der Waals surface area (Å²) in [6, 6.07) is 8.01. The lowest BCUT2D eigenvalue weighted by molar-refractivity contribution is 0.415. The highest BCUT2D eigenvalue weighted by molar-refractivity contribution is 7.13. The summed E-state index contributed by atoms with van der Waals surface area (Å²) in [5.74, 6) is 1.36. The van der Waals surface area contributed by atoms with E-state index >= 15 is 0 Å². The molecule has 0 radical (unpaired) electrons. The normalized spacial score (nSPS) is 10.8. The molecule has 1 aromatic heterocycles. The quantitative estimate of drug-likeness (QED) is 0.801. The van der Waals surface area contributed by atoms with E-state index in [1.165, 1.54) is 0 Å². The number of benzene rings is 1. The minimum atomic E-state index is 0.482. The van der Waals surface area contributed by atoms with Crippen LogP contribution in [-0.2, 0) is 0 Å². The van der Waals surface area contributed by atoms with Crippen LogP contribution in [-0.4, -0.2) is 12.1 Å². The van der Waals surface area contributed by atoms with Crippen LogP contribution in [0.1, 0.15) is 25.5 Å². The lowest BCUT2D eigenvalue weighted by Crippen LogP contribution is -1.87. The molecule has 2 nitrogen and oxygen atoms in total. The van der Waals surface area contributed by atoms with Crippen molar-refractivity contribution in [1.29, 1.82) is 0 Å². The average molecular weight is 233 g/mol. The third-order valence-corrected chi connectivity index (χ3v) is 3.34. The topological polar surface area (TPSA) is 22.1 Å². The van der Waals surface area contributed by atoms with Gasteiger partial charge in [0.2, 0.25) is 0 Å². The number of rotatable bonds is 3. The van der Waals surface area contributed by atoms with Gasteiger partial charge in [0.05, 0.1) is 12.8 Å². The summed E-state index contributed by atoms with van der Waals surface area (Å²) in [4.78, 5) is 4.62. The van der Waals surface area contributed by atoms with Gasteiger partial charge in [-0.15, -0.1) is 11.3 Å². The molecule has 1 heterocycles. The van der Waals surface area contributed by atoms with E-state index < -0.39 is 0 Å². The van der Waals surface area contributed by atoms with Crippen LogP contribution in [0.4, 0.5) is 0 Å². The molecule has 2 rings (SSSR count). The molecule has 0 unspecified atom stereocenters. The smallest absolute Gasteiger partial charge is 0.123 e. The molecule has 0 aliphatic carbocycles. The summed E-state index contributed by atoms with van der Waals surface area (Å²) >= 11 is 1.68. The molecule has 3 heteroatoms. The van der Waals surface area contributed by atoms with Crippen molar-refractivity contribution in [3.05, 3.63) is 35.3 Å². The summed E-state index contributed by atoms with van der Waals surface area (Å²) in [5.41, 5.74) is 2.28. The zero-order valence-electron chi connectivity index (χ0n) is 9.73. The second-order valence-electron chi connectivity index (χ2n) is 3.96. The van der Waals surface area contributed by atoms with Crippen molar-refractivity contribution in [2.24, 2.45) is 0 Å². The summed E-state index contributed by atoms with van der Waals surface area (Å²) in [6.45, 7) is 4.31. The number of ether oxygens (including phenoxy) is 1. The first-order valence-electron chi connectivity index (χ1n) is 5.30. The minimum Gasteiger partial charge on any atom is -0.497 e. The van der Waals surface area contributed by atoms with Crippen molar-refractivity contribution >= 4 is 11.3 Å². The molecule has 84 valence electrons. The van der Waals surface area contributed by atoms with Crippen LogP contribution >= 0.6 is 11.3 Å². The number of aromatic nitrogens is 1. The van der Waals surface area contributed by atoms with Gasteiger partial charge in [-0.3, -0.25) is 0 Å². The first kappa shape index (κ1) is 11.1. The van der Waals surface area contributed by atoms with E-state index in [-0.39, 0.29) is 0 Å². The summed E-state index contributed by atoms with van der Waals surface area (Å²) in [6.07, 6.45) is 0. The molecule has 0 spiro atoms. The van der Waals surface area contributed by atoms with Gasteiger partial charge in [0.15, 0.2) is 0 Å². The molecule has 16 heavy (non-hydrogen) atoms. The van der Waals surface area contributed by atoms with E-state index in [1.807, 2.05) is 18.2 Å². The van der Waals surface area contributed by atoms with E-state index in [0.717, 1.165) is 22.0 Å². The van der Waals surface area contributed by atoms with E-state index in [1.54, 1.807) is 18.4 Å². The van der Waals surface area contributed by atoms with Crippen LogP contribution in [0.25, 0.3) is 10.6 Å². The molecular weight excluding hydrogens is 218 g/mol. The molecule has 0 aliphatic rings. The Morgan fingerprint density at radius 1 is 1.31 bits per heavy atom. The predicted octanol–water partition coefficient (Wildman–Crippen LogP) is 3.94. The number of hydrogen-bond acceptors (Lipinski definition) is 3. The van der Waals surface area contributed by atoms with Crippen molar-refractivity contribution in [3.8, 4) is 16.3 Å². The Morgan fingerprint density at radius 2 is 2.12 bits per heavy atom. The molecule has 0 fully saturated rings. The Morgan fingerprint density at radius 3 is 2.75 bits per heavy atom. The van der Waals surface area contributed by atoms with Crippen LogP contribution in [0.5, 0.6) is 5.75 Å². The SMILES string of the molecule is COc1cccc(-c2nc(C(C)C)cs2)c1. The summed E-state index contributed by atoms with van der Waals surface area (Å²) < 4.78 is 5.21. The van der Waals surface area contributed by atoms with Gasteiger partial charge in [0.1, 0.15) is 10.8 Å². The van der Waals surface area contributed by atoms with Crippen LogP contribution in [0, 0.1) is 0 Å². The van der Waals surface area contributed by atoms with Crippen LogP contribution in [0.15, 0.2) is 29.6 Å². The van der Waals surface area contributed by atoms with Crippen LogP contribution in [0.2, 0.25) is 0 Å². The fourth-order valence-electron chi connectivity index (χ4n) is 1.44. The average Bonchev–Trinajstić information content (AvgIpc) is 2.78. The number of methoxy groups -OCH3 is 1. The highest BCUT2D eigenvalue weighted by Crippen LogP contribution is 2.28. The molecule has 0 saturated heterocycles. The van der Waals surface area contributed by atoms with Crippen molar-refractivity contribution in [2.75, 3.05) is 7.11 Å². The van der Waals surface area contributed by atoms with Gasteiger partial charge in [0.25, 0.3) is 0 Å². The summed E-state index contributed by atoms with van der Waals surface area (Å²) in [5, 5.41) is 3.18. The third-order valence-electron chi connectivity index (χ3n) is 2.43. The number of thiazole rings is 1. The molecule has 0 saturated carbocycles. The second-order valence-corrected chi connectivity index (χ2v) is 4.82. The Labute approximate surface area is 99.9 Å². The zero-order valence-corrected chi connectivity index (χ0v) is 10.5. The molecule has 0 bridgehead atoms. The fourth-order valence-corrected chi connectivity index (χ4v) is 2.42. The van der Waals surface area contributed by atoms with E-state index in [2.05, 4.69) is 30.3 Å². The largest absolute Gasteiger partial charge is 0.497 e. The summed E-state index contributed by atoms with van der Waals surface area (Å²) in [7, 11) is 1.68. The third kappa shape index (κ3) is 2.25. The zero-order chi connectivity index (χ0) is 11.5. The highest BCUT2D eigenvalue weighted by Gasteiger charge is 2.07. The Bertz CT molecular complexity index is 476. The van der Waals surface area contributed by atoms with Gasteiger partial charge in [0, 0.05) is 10.9 Å². The van der Waals surface area contributed by atoms with Crippen molar-refractivity contribution in [1.82, 2.24) is 4.98 Å². The molecule has 0 atom stereocenters. The molecule has 1 aromatic carbocycles. The van der Waals surface area contributed by atoms with Crippen LogP contribution < -0.4 is 4.74 Å². The number of nitrogens with zero attached hydrogens (tertiary/aromatic N) is 1. The minimum absolute atomic E-state index is 0.482. The Hall–Kier alpha value is -1.35. The fraction of sp³-hybridized carbons (Fsp3) is 0.308. The lowest BCUT2D eigenvalue weighted by Gasteiger charge is -2.01. The predicted molar refractivity (Wildman–Crippen MR) is 68.2 cm³/mol. The maximum absolute atomic E-state index is 5.21. The van der Waals surface area contributed by atoms with Gasteiger partial charge >= 0.3 is 0 Å². The second kappa shape index (κ2) is 4.66. The monoisotopic (exact) mass is 233 g/mol. The Kier molecular flexibility index (Phi) is 3.25. The Balaban J connectivity index is 2.34. The molecule has 2 aromatic rings. The highest BCUT2D eigenvalue weighted by atomic mass is 32.1. The van der Waals surface area contributed by atoms with Gasteiger partial charge in [-0.1, -0.05) is 26.0 Å². The maximum atomic E-state index is 5.21. The first-order valence-corrected chi connectivity index (χ1v) is 6.18. The lowest BCUT2D eigenvalue weighted by atomic mass is 10.1. The van der Waals surface area contributed by atoms with Crippen LogP contribution in [0.3, 0.4) is 0 Å². The molecule has 0 amide bonds. The van der Waals surface area contributed by atoms with Gasteiger partial charge in [-0.05, 0) is 18.1 Å². The molecule has 0 N–H and O–H groups in total. The number of hydrogen-bond donors (Lipinski definition) is 0. The van der Waals surface area contributed by atoms with Gasteiger partial charge in [-0.2, -0.15) is 0 Å². The van der Waals surface area contributed by atoms with E-state index in [9.17, 15) is 0 Å².